The molecule has 10 nitrogen and oxygen atoms in total. The molecule has 0 atom stereocenters. The van der Waals surface area contributed by atoms with E-state index in [0.717, 1.165) is 172 Å². The summed E-state index contributed by atoms with van der Waals surface area (Å²) in [5.74, 6) is 4.90. The van der Waals surface area contributed by atoms with Gasteiger partial charge in [-0.05, 0) is 179 Å². The van der Waals surface area contributed by atoms with Crippen LogP contribution in [0, 0.1) is 0 Å². The molecule has 20 aromatic rings. The van der Waals surface area contributed by atoms with Gasteiger partial charge in [-0.3, -0.25) is 9.97 Å². The fraction of sp³-hybridized carbons (Fsp3) is 0.0678. The molecule has 0 saturated carbocycles. The van der Waals surface area contributed by atoms with Crippen LogP contribution in [0.25, 0.3) is 145 Å². The van der Waals surface area contributed by atoms with Gasteiger partial charge in [0.2, 0.25) is 0 Å². The quantitative estimate of drug-likeness (QED) is 0.123. The highest BCUT2D eigenvalue weighted by atomic mass is 79.9. The molecular formula is C118H82BBrN6O4. The van der Waals surface area contributed by atoms with E-state index in [9.17, 15) is 0 Å². The summed E-state index contributed by atoms with van der Waals surface area (Å²) >= 11 is 3.48. The molecule has 0 bridgehead atoms. The molecular weight excluding hydrogens is 1660 g/mol. The number of benzene rings is 16. The van der Waals surface area contributed by atoms with Crippen molar-refractivity contribution in [2.45, 2.75) is 49.7 Å². The van der Waals surface area contributed by atoms with Crippen molar-refractivity contribution in [1.29, 1.82) is 0 Å². The van der Waals surface area contributed by atoms with Crippen molar-refractivity contribution in [3.05, 3.63) is 474 Å². The summed E-state index contributed by atoms with van der Waals surface area (Å²) in [5.41, 5.74) is 31.8. The topological polar surface area (TPSA) is 114 Å². The van der Waals surface area contributed by atoms with Crippen LogP contribution in [-0.4, -0.2) is 48.2 Å². The van der Waals surface area contributed by atoms with Crippen LogP contribution >= 0.6 is 15.9 Å². The van der Waals surface area contributed by atoms with Crippen molar-refractivity contribution in [2.24, 2.45) is 0 Å². The van der Waals surface area contributed by atoms with Gasteiger partial charge < -0.3 is 18.8 Å². The molecule has 5 aliphatic rings. The average molecular weight is 1740 g/mol. The van der Waals surface area contributed by atoms with Crippen LogP contribution < -0.4 is 14.9 Å². The second kappa shape index (κ2) is 32.1. The summed E-state index contributed by atoms with van der Waals surface area (Å²) in [6.45, 7) is 8.41. The number of ether oxygens (including phenoxy) is 2. The van der Waals surface area contributed by atoms with Crippen molar-refractivity contribution in [2.75, 3.05) is 0 Å². The van der Waals surface area contributed by atoms with E-state index < -0.39 is 29.2 Å². The lowest BCUT2D eigenvalue weighted by atomic mass is 9.64. The normalized spacial score (nSPS) is 14.2. The fourth-order valence-corrected chi connectivity index (χ4v) is 20.0. The first-order valence-electron chi connectivity index (χ1n) is 44.0. The predicted molar refractivity (Wildman–Crippen MR) is 528 cm³/mol. The van der Waals surface area contributed by atoms with Gasteiger partial charge >= 0.3 is 7.12 Å². The summed E-state index contributed by atoms with van der Waals surface area (Å²) in [6.07, 6.45) is 3.76. The number of halogens is 1. The van der Waals surface area contributed by atoms with Crippen LogP contribution in [0.1, 0.15) is 72.2 Å². The lowest BCUT2D eigenvalue weighted by Gasteiger charge is -2.39. The third kappa shape index (κ3) is 13.5. The van der Waals surface area contributed by atoms with E-state index in [0.29, 0.717) is 5.82 Å². The fourth-order valence-electron chi connectivity index (χ4n) is 19.7. The largest absolute Gasteiger partial charge is 0.494 e. The Hall–Kier alpha value is -15.4. The number of hydrogen-bond acceptors (Lipinski definition) is 10. The van der Waals surface area contributed by atoms with Crippen LogP contribution in [0.5, 0.6) is 23.0 Å². The highest BCUT2D eigenvalue weighted by Gasteiger charge is 2.56. The predicted octanol–water partition coefficient (Wildman–Crippen LogP) is 28.7. The number of hydrogen-bond donors (Lipinski definition) is 0. The zero-order valence-corrected chi connectivity index (χ0v) is 73.3. The van der Waals surface area contributed by atoms with E-state index in [-0.39, 0.29) is 0 Å². The standard InChI is InChI=1S/C56H35N3O.C40H32BNO3.C22H15BrN2/c1-3-13-37(14-4-1)50-35-51(38-15-5-2-6-16-38)59-55(58-50)40-26-24-36(25-27-40)41-28-30-44-45-31-29-42(43-19-11-17-39-18-12-32-57-54(39)43)34-49(45)56(48(44)33-41)46-20-7-9-22-52(46)60-53-23-10-8-21-47(53)56;1-38(2)39(3,4)45-41(44-38)27-19-21-30-29-20-18-26(28-13-9-11-25-12-10-22-42-37(25)28)23-33(29)40(34(30)24-27)31-14-5-7-16-35(31)43-36-17-8-6-15-32(36)40;23-19-13-11-18(12-14-19)22-24-20(16-7-3-1-4-8-16)15-21(25-22)17-9-5-2-6-10-17/h1-35H;5-24H,1-4H3;1-15H. The summed E-state index contributed by atoms with van der Waals surface area (Å²) in [4.78, 5) is 29.4. The van der Waals surface area contributed by atoms with Gasteiger partial charge in [-0.2, -0.15) is 0 Å². The van der Waals surface area contributed by atoms with Gasteiger partial charge in [0.05, 0.1) is 55.8 Å². The molecule has 0 N–H and O–H groups in total. The highest BCUT2D eigenvalue weighted by Crippen LogP contribution is 2.65. The molecule has 0 unspecified atom stereocenters. The number of fused-ring (bicyclic) bond motifs is 20. The van der Waals surface area contributed by atoms with Crippen LogP contribution in [-0.2, 0) is 20.1 Å². The van der Waals surface area contributed by atoms with Gasteiger partial charge in [-0.25, -0.2) is 19.9 Å². The summed E-state index contributed by atoms with van der Waals surface area (Å²) in [7, 11) is -0.469. The van der Waals surface area contributed by atoms with Gasteiger partial charge in [0, 0.05) is 94.4 Å². The van der Waals surface area contributed by atoms with Gasteiger partial charge in [-0.15, -0.1) is 0 Å². The monoisotopic (exact) mass is 1740 g/mol. The molecule has 25 rings (SSSR count). The summed E-state index contributed by atoms with van der Waals surface area (Å²) in [5, 5.41) is 2.25. The second-order valence-electron chi connectivity index (χ2n) is 34.6. The maximum Gasteiger partial charge on any atom is 0.494 e. The third-order valence-electron chi connectivity index (χ3n) is 26.6. The Morgan fingerprint density at radius 3 is 0.931 bits per heavy atom. The van der Waals surface area contributed by atoms with Crippen LogP contribution in [0.2, 0.25) is 0 Å². The first-order chi connectivity index (χ1) is 63.8. The van der Waals surface area contributed by atoms with Gasteiger partial charge in [0.15, 0.2) is 11.6 Å². The number of rotatable bonds is 10. The smallest absolute Gasteiger partial charge is 0.457 e. The van der Waals surface area contributed by atoms with E-state index in [1.807, 2.05) is 128 Å². The Labute approximate surface area is 763 Å². The van der Waals surface area contributed by atoms with Crippen molar-refractivity contribution >= 4 is 50.3 Å². The van der Waals surface area contributed by atoms with Gasteiger partial charge in [-0.1, -0.05) is 350 Å². The van der Waals surface area contributed by atoms with Gasteiger partial charge in [0.25, 0.3) is 0 Å². The van der Waals surface area contributed by atoms with Crippen molar-refractivity contribution < 1.29 is 18.8 Å². The van der Waals surface area contributed by atoms with E-state index in [4.69, 9.17) is 48.7 Å². The number of aromatic nitrogens is 6. The lowest BCUT2D eigenvalue weighted by molar-refractivity contribution is 0.00578. The van der Waals surface area contributed by atoms with Crippen LogP contribution in [0.4, 0.5) is 0 Å². The van der Waals surface area contributed by atoms with Crippen molar-refractivity contribution in [3.63, 3.8) is 0 Å². The Kier molecular flexibility index (Phi) is 19.6. The lowest BCUT2D eigenvalue weighted by Crippen LogP contribution is -2.41. The molecule has 0 amide bonds. The molecule has 4 aromatic heterocycles. The first kappa shape index (κ1) is 79.2. The highest BCUT2D eigenvalue weighted by molar-refractivity contribution is 9.10. The maximum absolute atomic E-state index is 6.69. The summed E-state index contributed by atoms with van der Waals surface area (Å²) in [6, 6.07) is 145. The SMILES string of the molecule is Brc1ccc(-c2nc(-c3ccccc3)cc(-c3ccccc3)n2)cc1.CC1(C)OB(c2ccc3c(c2)C2(c4ccccc4Oc4ccccc42)c2cc(-c4cccc5cccnc45)ccc2-3)OC1(C)C.c1ccc(-c2cc(-c3ccccc3)nc(-c3ccc(-c4ccc5c(c4)C4(c6ccccc6Oc6ccccc64)c4cc(-c6cccc7cccnc67)ccc4-5)cc3)n2)cc1. The number of para-hydroxylation sites is 6. The molecule has 12 heteroatoms. The zero-order chi connectivity index (χ0) is 87.2. The minimum atomic E-state index is -0.625. The van der Waals surface area contributed by atoms with Crippen LogP contribution in [0.3, 0.4) is 0 Å². The Morgan fingerprint density at radius 2 is 0.546 bits per heavy atom. The Morgan fingerprint density at radius 1 is 0.238 bits per heavy atom. The summed E-state index contributed by atoms with van der Waals surface area (Å²) < 4.78 is 27.5. The average Bonchev–Trinajstić information content (AvgIpc) is 1.51. The molecule has 3 aliphatic heterocycles. The Balaban J connectivity index is 0.000000121. The molecule has 1 fully saturated rings. The van der Waals surface area contributed by atoms with Crippen molar-refractivity contribution in [1.82, 2.24) is 29.9 Å². The van der Waals surface area contributed by atoms with E-state index in [1.165, 1.54) is 44.5 Å². The van der Waals surface area contributed by atoms with Gasteiger partial charge in [0.1, 0.15) is 23.0 Å². The molecule has 2 spiro atoms. The number of nitrogens with zero attached hydrogens (tertiary/aromatic N) is 6. The molecule has 1 saturated heterocycles. The minimum Gasteiger partial charge on any atom is -0.457 e. The first-order valence-corrected chi connectivity index (χ1v) is 44.8. The number of pyridine rings is 2. The molecule has 0 radical (unpaired) electrons. The van der Waals surface area contributed by atoms with Crippen LogP contribution in [0.15, 0.2) is 429 Å². The third-order valence-corrected chi connectivity index (χ3v) is 27.2. The maximum atomic E-state index is 6.69. The Bertz CT molecular complexity index is 7600. The van der Waals surface area contributed by atoms with E-state index in [1.54, 1.807) is 0 Å². The minimum absolute atomic E-state index is 0.434. The molecule has 2 aliphatic carbocycles. The van der Waals surface area contributed by atoms with E-state index >= 15 is 0 Å². The van der Waals surface area contributed by atoms with Crippen molar-refractivity contribution in [3.8, 4) is 146 Å². The second-order valence-corrected chi connectivity index (χ2v) is 35.5. The molecule has 7 heterocycles. The van der Waals surface area contributed by atoms with E-state index in [2.05, 4.69) is 341 Å². The zero-order valence-electron chi connectivity index (χ0n) is 71.7. The molecule has 130 heavy (non-hydrogen) atoms. The molecule has 16 aromatic carbocycles. The molecule has 618 valence electrons.